The fraction of sp³-hybridized carbons (Fsp3) is 0.423. The van der Waals surface area contributed by atoms with Gasteiger partial charge in [-0.15, -0.1) is 0 Å². The van der Waals surface area contributed by atoms with Gasteiger partial charge in [0.15, 0.2) is 11.5 Å². The quantitative estimate of drug-likeness (QED) is 0.489. The lowest BCUT2D eigenvalue weighted by atomic mass is 10.0. The van der Waals surface area contributed by atoms with E-state index in [1.165, 1.54) is 6.92 Å². The van der Waals surface area contributed by atoms with Crippen LogP contribution < -0.4 is 30.2 Å². The lowest BCUT2D eigenvalue weighted by molar-refractivity contribution is -0.128. The van der Waals surface area contributed by atoms with Crippen molar-refractivity contribution in [3.63, 3.8) is 0 Å². The van der Waals surface area contributed by atoms with E-state index in [0.29, 0.717) is 55.3 Å². The van der Waals surface area contributed by atoms with Gasteiger partial charge in [0.1, 0.15) is 11.8 Å². The van der Waals surface area contributed by atoms with Crippen molar-refractivity contribution in [3.05, 3.63) is 48.0 Å². The minimum absolute atomic E-state index is 0.102. The number of ether oxygens (including phenoxy) is 3. The van der Waals surface area contributed by atoms with E-state index in [1.54, 1.807) is 50.5 Å². The molecule has 2 aromatic carbocycles. The van der Waals surface area contributed by atoms with E-state index in [2.05, 4.69) is 16.0 Å². The van der Waals surface area contributed by atoms with Gasteiger partial charge in [0.05, 0.1) is 27.0 Å². The van der Waals surface area contributed by atoms with Crippen LogP contribution in [0.25, 0.3) is 0 Å². The first-order valence-corrected chi connectivity index (χ1v) is 11.8. The van der Waals surface area contributed by atoms with Crippen LogP contribution in [0.4, 0.5) is 10.5 Å². The van der Waals surface area contributed by atoms with Crippen molar-refractivity contribution in [1.29, 1.82) is 0 Å². The van der Waals surface area contributed by atoms with Crippen molar-refractivity contribution in [2.24, 2.45) is 0 Å². The molecule has 1 atom stereocenters. The number of nitrogens with zero attached hydrogens (tertiary/aromatic N) is 1. The van der Waals surface area contributed by atoms with Gasteiger partial charge in [0.25, 0.3) is 0 Å². The summed E-state index contributed by atoms with van der Waals surface area (Å²) >= 11 is 0. The number of carbonyl (C=O) groups is 3. The Labute approximate surface area is 211 Å². The van der Waals surface area contributed by atoms with Gasteiger partial charge in [-0.2, -0.15) is 0 Å². The summed E-state index contributed by atoms with van der Waals surface area (Å²) in [5, 5.41) is 8.65. The number of methoxy groups -OCH3 is 3. The number of hydrogen-bond acceptors (Lipinski definition) is 6. The molecule has 1 saturated heterocycles. The van der Waals surface area contributed by atoms with Crippen LogP contribution in [0.3, 0.4) is 0 Å². The largest absolute Gasteiger partial charge is 0.495 e. The van der Waals surface area contributed by atoms with Crippen LogP contribution in [0.1, 0.15) is 25.3 Å². The molecule has 1 aliphatic rings. The highest BCUT2D eigenvalue weighted by Gasteiger charge is 2.27. The molecule has 10 nitrogen and oxygen atoms in total. The molecule has 0 aliphatic carbocycles. The highest BCUT2D eigenvalue weighted by Crippen LogP contribution is 2.28. The average molecular weight is 499 g/mol. The van der Waals surface area contributed by atoms with E-state index in [9.17, 15) is 14.4 Å². The Kier molecular flexibility index (Phi) is 9.38. The van der Waals surface area contributed by atoms with E-state index < -0.39 is 6.04 Å². The van der Waals surface area contributed by atoms with Crippen LogP contribution in [0.5, 0.6) is 17.2 Å². The number of piperidine rings is 1. The third-order valence-electron chi connectivity index (χ3n) is 6.06. The maximum absolute atomic E-state index is 13.1. The number of hydrogen-bond donors (Lipinski definition) is 3. The Morgan fingerprint density at radius 3 is 2.25 bits per heavy atom. The van der Waals surface area contributed by atoms with Crippen molar-refractivity contribution in [2.45, 2.75) is 38.3 Å². The molecule has 36 heavy (non-hydrogen) atoms. The van der Waals surface area contributed by atoms with E-state index in [4.69, 9.17) is 14.2 Å². The summed E-state index contributed by atoms with van der Waals surface area (Å²) in [6.45, 7) is 2.37. The SMILES string of the molecule is COc1ccccc1NC(=O)N1CCC(NC(=O)[C@@H](Cc2ccc(OC)c(OC)c2)NC(C)=O)CC1. The van der Waals surface area contributed by atoms with Gasteiger partial charge in [0, 0.05) is 32.5 Å². The summed E-state index contributed by atoms with van der Waals surface area (Å²) in [5.74, 6) is 1.17. The number of benzene rings is 2. The first-order chi connectivity index (χ1) is 17.3. The first kappa shape index (κ1) is 26.7. The van der Waals surface area contributed by atoms with Crippen molar-refractivity contribution in [1.82, 2.24) is 15.5 Å². The van der Waals surface area contributed by atoms with Crippen LogP contribution in [0.15, 0.2) is 42.5 Å². The maximum atomic E-state index is 13.1. The second-order valence-corrected chi connectivity index (χ2v) is 8.55. The summed E-state index contributed by atoms with van der Waals surface area (Å²) in [5.41, 5.74) is 1.43. The summed E-state index contributed by atoms with van der Waals surface area (Å²) in [6, 6.07) is 11.6. The van der Waals surface area contributed by atoms with E-state index in [1.807, 2.05) is 18.2 Å². The van der Waals surface area contributed by atoms with Gasteiger partial charge in [0.2, 0.25) is 11.8 Å². The van der Waals surface area contributed by atoms with Crippen molar-refractivity contribution in [2.75, 3.05) is 39.7 Å². The molecule has 1 heterocycles. The fourth-order valence-corrected chi connectivity index (χ4v) is 4.17. The topological polar surface area (TPSA) is 118 Å². The van der Waals surface area contributed by atoms with Crippen LogP contribution in [0.2, 0.25) is 0 Å². The standard InChI is InChI=1S/C26H34N4O6/c1-17(31)27-21(15-18-9-10-23(35-3)24(16-18)36-4)25(32)28-19-11-13-30(14-12-19)26(33)29-20-7-5-6-8-22(20)34-2/h5-10,16,19,21H,11-15H2,1-4H3,(H,27,31)(H,28,32)(H,29,33)/t21-/m1/s1. The molecule has 4 amide bonds. The van der Waals surface area contributed by atoms with Gasteiger partial charge >= 0.3 is 6.03 Å². The number of rotatable bonds is 9. The first-order valence-electron chi connectivity index (χ1n) is 11.8. The minimum Gasteiger partial charge on any atom is -0.495 e. The molecule has 0 radical (unpaired) electrons. The molecule has 1 aliphatic heterocycles. The van der Waals surface area contributed by atoms with Gasteiger partial charge in [-0.1, -0.05) is 18.2 Å². The Morgan fingerprint density at radius 2 is 1.61 bits per heavy atom. The molecule has 3 rings (SSSR count). The molecular weight excluding hydrogens is 464 g/mol. The molecule has 0 aromatic heterocycles. The molecule has 0 saturated carbocycles. The van der Waals surface area contributed by atoms with Crippen LogP contribution in [-0.2, 0) is 16.0 Å². The Morgan fingerprint density at radius 1 is 0.944 bits per heavy atom. The predicted octanol–water partition coefficient (Wildman–Crippen LogP) is 2.57. The molecule has 2 aromatic rings. The molecule has 3 N–H and O–H groups in total. The Bertz CT molecular complexity index is 1070. The van der Waals surface area contributed by atoms with Gasteiger partial charge < -0.3 is 35.1 Å². The van der Waals surface area contributed by atoms with Gasteiger partial charge in [-0.05, 0) is 42.7 Å². The molecule has 0 bridgehead atoms. The van der Waals surface area contributed by atoms with E-state index in [-0.39, 0.29) is 23.9 Å². The second kappa shape index (κ2) is 12.7. The third kappa shape index (κ3) is 7.03. The second-order valence-electron chi connectivity index (χ2n) is 8.55. The zero-order valence-corrected chi connectivity index (χ0v) is 21.1. The summed E-state index contributed by atoms with van der Waals surface area (Å²) in [6.07, 6.45) is 1.51. The highest BCUT2D eigenvalue weighted by atomic mass is 16.5. The van der Waals surface area contributed by atoms with E-state index in [0.717, 1.165) is 5.56 Å². The third-order valence-corrected chi connectivity index (χ3v) is 6.06. The predicted molar refractivity (Wildman–Crippen MR) is 136 cm³/mol. The van der Waals surface area contributed by atoms with Crippen molar-refractivity contribution in [3.8, 4) is 17.2 Å². The zero-order valence-electron chi connectivity index (χ0n) is 21.1. The molecule has 194 valence electrons. The van der Waals surface area contributed by atoms with Crippen molar-refractivity contribution < 1.29 is 28.6 Å². The normalized spacial score (nSPS) is 14.4. The van der Waals surface area contributed by atoms with Crippen LogP contribution in [-0.4, -0.2) is 69.2 Å². The van der Waals surface area contributed by atoms with Crippen LogP contribution in [0, 0.1) is 0 Å². The Hall–Kier alpha value is -3.95. The number of nitrogens with one attached hydrogen (secondary N) is 3. The van der Waals surface area contributed by atoms with Crippen LogP contribution >= 0.6 is 0 Å². The monoisotopic (exact) mass is 498 g/mol. The lowest BCUT2D eigenvalue weighted by Crippen LogP contribution is -2.53. The van der Waals surface area contributed by atoms with Crippen molar-refractivity contribution >= 4 is 23.5 Å². The van der Waals surface area contributed by atoms with E-state index >= 15 is 0 Å². The highest BCUT2D eigenvalue weighted by molar-refractivity contribution is 5.91. The number of amides is 4. The average Bonchev–Trinajstić information content (AvgIpc) is 2.88. The maximum Gasteiger partial charge on any atom is 0.321 e. The number of anilines is 1. The summed E-state index contributed by atoms with van der Waals surface area (Å²) < 4.78 is 15.9. The smallest absolute Gasteiger partial charge is 0.321 e. The molecule has 0 unspecified atom stereocenters. The molecule has 10 heteroatoms. The molecule has 1 fully saturated rings. The molecule has 0 spiro atoms. The number of para-hydroxylation sites is 2. The summed E-state index contributed by atoms with van der Waals surface area (Å²) in [7, 11) is 4.65. The lowest BCUT2D eigenvalue weighted by Gasteiger charge is -2.33. The molecular formula is C26H34N4O6. The number of carbonyl (C=O) groups excluding carboxylic acids is 3. The Balaban J connectivity index is 1.56. The number of likely N-dealkylation sites (tertiary alicyclic amines) is 1. The minimum atomic E-state index is -0.743. The fourth-order valence-electron chi connectivity index (χ4n) is 4.17. The summed E-state index contributed by atoms with van der Waals surface area (Å²) in [4.78, 5) is 39.3. The van der Waals surface area contributed by atoms with Gasteiger partial charge in [-0.3, -0.25) is 9.59 Å². The zero-order chi connectivity index (χ0) is 26.1. The number of urea groups is 1. The van der Waals surface area contributed by atoms with Gasteiger partial charge in [-0.25, -0.2) is 4.79 Å².